The van der Waals surface area contributed by atoms with Gasteiger partial charge in [-0.2, -0.15) is 0 Å². The quantitative estimate of drug-likeness (QED) is 0.722. The van der Waals surface area contributed by atoms with Crippen LogP contribution in [-0.4, -0.2) is 7.05 Å². The van der Waals surface area contributed by atoms with Gasteiger partial charge in [0.05, 0.1) is 0 Å². The first-order valence-electron chi connectivity index (χ1n) is 5.86. The van der Waals surface area contributed by atoms with E-state index in [0.29, 0.717) is 6.04 Å². The van der Waals surface area contributed by atoms with Crippen LogP contribution >= 0.6 is 38.5 Å². The van der Waals surface area contributed by atoms with E-state index in [4.69, 9.17) is 0 Å². The summed E-state index contributed by atoms with van der Waals surface area (Å²) in [6.45, 7) is 0. The summed E-state index contributed by atoms with van der Waals surface area (Å²) in [5, 5.41) is 3.39. The maximum absolute atomic E-state index is 3.47. The van der Waals surface area contributed by atoms with Crippen molar-refractivity contribution in [2.45, 2.75) is 12.5 Å². The average Bonchev–Trinajstić information content (AvgIpc) is 2.39. The van der Waals surface area contributed by atoms with Gasteiger partial charge < -0.3 is 5.32 Å². The van der Waals surface area contributed by atoms with Crippen molar-refractivity contribution in [3.63, 3.8) is 0 Å². The van der Waals surface area contributed by atoms with Crippen LogP contribution in [0.5, 0.6) is 0 Å². The summed E-state index contributed by atoms with van der Waals surface area (Å²) >= 11 is 5.80. The van der Waals surface area contributed by atoms with Gasteiger partial charge in [0.2, 0.25) is 0 Å². The molecule has 0 aliphatic rings. The van der Waals surface area contributed by atoms with Gasteiger partial charge in [-0.05, 0) is 71.5 Å². The van der Waals surface area contributed by atoms with Crippen LogP contribution in [0.1, 0.15) is 17.2 Å². The van der Waals surface area contributed by atoms with Crippen molar-refractivity contribution < 1.29 is 0 Å². The topological polar surface area (TPSA) is 12.0 Å². The first kappa shape index (κ1) is 14.0. The predicted octanol–water partition coefficient (Wildman–Crippen LogP) is 4.56. The summed E-state index contributed by atoms with van der Waals surface area (Å²) < 4.78 is 2.40. The van der Waals surface area contributed by atoms with Gasteiger partial charge in [0.25, 0.3) is 0 Å². The molecular weight excluding hydrogens is 401 g/mol. The van der Waals surface area contributed by atoms with E-state index in [-0.39, 0.29) is 0 Å². The summed E-state index contributed by atoms with van der Waals surface area (Å²) in [6, 6.07) is 17.6. The molecule has 0 aliphatic carbocycles. The van der Waals surface area contributed by atoms with Crippen LogP contribution in [0.25, 0.3) is 0 Å². The third-order valence-electron chi connectivity index (χ3n) is 2.97. The molecule has 0 saturated carbocycles. The second-order valence-electron chi connectivity index (χ2n) is 4.22. The van der Waals surface area contributed by atoms with Crippen LogP contribution in [0, 0.1) is 3.57 Å². The van der Waals surface area contributed by atoms with Crippen molar-refractivity contribution in [3.8, 4) is 0 Å². The molecule has 18 heavy (non-hydrogen) atoms. The molecule has 94 valence electrons. The first-order valence-corrected chi connectivity index (χ1v) is 7.73. The van der Waals surface area contributed by atoms with Gasteiger partial charge in [0, 0.05) is 14.1 Å². The fourth-order valence-corrected chi connectivity index (χ4v) is 2.56. The first-order chi connectivity index (χ1) is 8.69. The van der Waals surface area contributed by atoms with E-state index in [0.717, 1.165) is 10.9 Å². The van der Waals surface area contributed by atoms with Gasteiger partial charge in [-0.3, -0.25) is 0 Å². The Morgan fingerprint density at radius 3 is 2.22 bits per heavy atom. The summed E-state index contributed by atoms with van der Waals surface area (Å²) in [5.74, 6) is 0. The number of hydrogen-bond acceptors (Lipinski definition) is 1. The van der Waals surface area contributed by atoms with Gasteiger partial charge in [0.1, 0.15) is 0 Å². The lowest BCUT2D eigenvalue weighted by atomic mass is 9.99. The minimum Gasteiger partial charge on any atom is -0.313 e. The molecule has 2 rings (SSSR count). The molecule has 0 amide bonds. The van der Waals surface area contributed by atoms with Crippen LogP contribution in [-0.2, 0) is 6.42 Å². The largest absolute Gasteiger partial charge is 0.313 e. The zero-order valence-corrected chi connectivity index (χ0v) is 13.9. The van der Waals surface area contributed by atoms with Gasteiger partial charge in [-0.1, -0.05) is 40.2 Å². The zero-order valence-electron chi connectivity index (χ0n) is 10.2. The number of hydrogen-bond donors (Lipinski definition) is 1. The molecule has 3 heteroatoms. The van der Waals surface area contributed by atoms with Crippen LogP contribution in [0.15, 0.2) is 53.0 Å². The molecule has 0 radical (unpaired) electrons. The predicted molar refractivity (Wildman–Crippen MR) is 88.8 cm³/mol. The number of likely N-dealkylation sites (N-methyl/N-ethyl adjacent to an activating group) is 1. The summed E-state index contributed by atoms with van der Waals surface area (Å²) in [7, 11) is 2.02. The Hall–Kier alpha value is -0.390. The van der Waals surface area contributed by atoms with Crippen molar-refractivity contribution in [2.24, 2.45) is 0 Å². The summed E-state index contributed by atoms with van der Waals surface area (Å²) in [6.07, 6.45) is 1.00. The Morgan fingerprint density at radius 2 is 1.67 bits per heavy atom. The Bertz CT molecular complexity index is 493. The molecule has 0 aliphatic heterocycles. The van der Waals surface area contributed by atoms with Gasteiger partial charge in [0.15, 0.2) is 0 Å². The van der Waals surface area contributed by atoms with E-state index in [2.05, 4.69) is 92.4 Å². The lowest BCUT2D eigenvalue weighted by Crippen LogP contribution is -2.18. The maximum atomic E-state index is 3.47. The van der Waals surface area contributed by atoms with Crippen LogP contribution < -0.4 is 5.32 Å². The minimum absolute atomic E-state index is 0.364. The highest BCUT2D eigenvalue weighted by atomic mass is 127. The molecular formula is C15H15BrIN. The molecule has 0 spiro atoms. The fourth-order valence-electron chi connectivity index (χ4n) is 1.94. The molecule has 2 aromatic rings. The Morgan fingerprint density at radius 1 is 1.06 bits per heavy atom. The molecule has 0 bridgehead atoms. The summed E-state index contributed by atoms with van der Waals surface area (Å²) in [4.78, 5) is 0. The molecule has 0 fully saturated rings. The van der Waals surface area contributed by atoms with Crippen molar-refractivity contribution in [1.82, 2.24) is 5.32 Å². The summed E-state index contributed by atoms with van der Waals surface area (Å²) in [5.41, 5.74) is 2.68. The normalized spacial score (nSPS) is 12.4. The number of rotatable bonds is 4. The monoisotopic (exact) mass is 415 g/mol. The van der Waals surface area contributed by atoms with Crippen LogP contribution in [0.2, 0.25) is 0 Å². The second-order valence-corrected chi connectivity index (χ2v) is 6.38. The SMILES string of the molecule is CNC(Cc1ccc(Br)cc1)c1ccc(I)cc1. The highest BCUT2D eigenvalue weighted by Gasteiger charge is 2.09. The second kappa shape index (κ2) is 6.68. The van der Waals surface area contributed by atoms with E-state index in [9.17, 15) is 0 Å². The van der Waals surface area contributed by atoms with E-state index >= 15 is 0 Å². The van der Waals surface area contributed by atoms with Crippen molar-refractivity contribution in [2.75, 3.05) is 7.05 Å². The molecule has 0 aromatic heterocycles. The molecule has 0 heterocycles. The number of halogens is 2. The van der Waals surface area contributed by atoms with Crippen molar-refractivity contribution in [3.05, 3.63) is 67.7 Å². The van der Waals surface area contributed by atoms with Gasteiger partial charge in [-0.25, -0.2) is 0 Å². The maximum Gasteiger partial charge on any atom is 0.0358 e. The highest BCUT2D eigenvalue weighted by Crippen LogP contribution is 2.20. The molecule has 1 N–H and O–H groups in total. The Labute approximate surface area is 130 Å². The lowest BCUT2D eigenvalue weighted by molar-refractivity contribution is 0.592. The highest BCUT2D eigenvalue weighted by molar-refractivity contribution is 14.1. The van der Waals surface area contributed by atoms with E-state index < -0.39 is 0 Å². The Kier molecular flexibility index (Phi) is 5.21. The zero-order chi connectivity index (χ0) is 13.0. The average molecular weight is 416 g/mol. The molecule has 2 aromatic carbocycles. The van der Waals surface area contributed by atoms with Crippen molar-refractivity contribution >= 4 is 38.5 Å². The smallest absolute Gasteiger partial charge is 0.0358 e. The lowest BCUT2D eigenvalue weighted by Gasteiger charge is -2.17. The van der Waals surface area contributed by atoms with Gasteiger partial charge >= 0.3 is 0 Å². The third-order valence-corrected chi connectivity index (χ3v) is 4.22. The number of benzene rings is 2. The van der Waals surface area contributed by atoms with Crippen molar-refractivity contribution in [1.29, 1.82) is 0 Å². The minimum atomic E-state index is 0.364. The molecule has 1 nitrogen and oxygen atoms in total. The molecule has 1 atom stereocenters. The van der Waals surface area contributed by atoms with E-state index in [1.807, 2.05) is 7.05 Å². The Balaban J connectivity index is 2.14. The van der Waals surface area contributed by atoms with E-state index in [1.165, 1.54) is 14.7 Å². The van der Waals surface area contributed by atoms with Crippen LogP contribution in [0.4, 0.5) is 0 Å². The van der Waals surface area contributed by atoms with E-state index in [1.54, 1.807) is 0 Å². The molecule has 0 saturated heterocycles. The molecule has 1 unspecified atom stereocenters. The van der Waals surface area contributed by atoms with Gasteiger partial charge in [-0.15, -0.1) is 0 Å². The number of nitrogens with one attached hydrogen (secondary N) is 1. The standard InChI is InChI=1S/C15H15BrIN/c1-18-15(12-4-8-14(17)9-5-12)10-11-2-6-13(16)7-3-11/h2-9,15,18H,10H2,1H3. The fraction of sp³-hybridized carbons (Fsp3) is 0.200. The van der Waals surface area contributed by atoms with Crippen LogP contribution in [0.3, 0.4) is 0 Å². The third kappa shape index (κ3) is 3.80.